The fourth-order valence-electron chi connectivity index (χ4n) is 2.22. The van der Waals surface area contributed by atoms with Crippen LogP contribution in [0.2, 0.25) is 0 Å². The molecule has 114 valence electrons. The molecule has 0 unspecified atom stereocenters. The minimum absolute atomic E-state index is 0.254. The number of anilines is 2. The topological polar surface area (TPSA) is 94.5 Å². The molecule has 3 rings (SSSR count). The van der Waals surface area contributed by atoms with Gasteiger partial charge in [-0.2, -0.15) is 10.1 Å². The molecule has 0 saturated heterocycles. The maximum atomic E-state index is 5.78. The van der Waals surface area contributed by atoms with Gasteiger partial charge in [-0.15, -0.1) is 0 Å². The standard InChI is InChI=1S/C15H19N7/c1-2-3-7-18-14-13-12(19-15(16)20-14)10-22(21-13)9-11-6-4-5-8-17-11/h4-6,8,10H,2-3,7,9H2,1H3,(H3,16,18,19,20). The van der Waals surface area contributed by atoms with Crippen molar-refractivity contribution in [1.82, 2.24) is 24.7 Å². The number of rotatable bonds is 6. The number of nitrogens with two attached hydrogens (primary N) is 1. The maximum absolute atomic E-state index is 5.78. The quantitative estimate of drug-likeness (QED) is 0.676. The molecule has 0 fully saturated rings. The van der Waals surface area contributed by atoms with Crippen molar-refractivity contribution in [3.63, 3.8) is 0 Å². The first-order valence-corrected chi connectivity index (χ1v) is 7.40. The summed E-state index contributed by atoms with van der Waals surface area (Å²) in [6, 6.07) is 5.82. The summed E-state index contributed by atoms with van der Waals surface area (Å²) in [6.07, 6.45) is 5.83. The number of nitrogens with zero attached hydrogens (tertiary/aromatic N) is 5. The van der Waals surface area contributed by atoms with Crippen molar-refractivity contribution in [3.8, 4) is 0 Å². The van der Waals surface area contributed by atoms with E-state index in [-0.39, 0.29) is 5.95 Å². The molecule has 0 aliphatic heterocycles. The zero-order valence-electron chi connectivity index (χ0n) is 12.5. The maximum Gasteiger partial charge on any atom is 0.222 e. The first-order chi connectivity index (χ1) is 10.8. The Morgan fingerprint density at radius 2 is 2.18 bits per heavy atom. The predicted molar refractivity (Wildman–Crippen MR) is 86.5 cm³/mol. The highest BCUT2D eigenvalue weighted by Crippen LogP contribution is 2.19. The largest absolute Gasteiger partial charge is 0.368 e. The molecule has 3 heterocycles. The van der Waals surface area contributed by atoms with Crippen LogP contribution >= 0.6 is 0 Å². The van der Waals surface area contributed by atoms with Gasteiger partial charge in [-0.25, -0.2) is 4.98 Å². The highest BCUT2D eigenvalue weighted by atomic mass is 15.3. The Morgan fingerprint density at radius 1 is 1.27 bits per heavy atom. The molecule has 22 heavy (non-hydrogen) atoms. The number of hydrogen-bond acceptors (Lipinski definition) is 6. The van der Waals surface area contributed by atoms with Gasteiger partial charge in [-0.1, -0.05) is 19.4 Å². The lowest BCUT2D eigenvalue weighted by molar-refractivity contribution is 0.680. The normalized spacial score (nSPS) is 11.0. The molecule has 0 aliphatic rings. The van der Waals surface area contributed by atoms with Crippen LogP contribution in [0.1, 0.15) is 25.5 Å². The monoisotopic (exact) mass is 297 g/mol. The lowest BCUT2D eigenvalue weighted by Crippen LogP contribution is -2.06. The fraction of sp³-hybridized carbons (Fsp3) is 0.333. The van der Waals surface area contributed by atoms with Gasteiger partial charge < -0.3 is 11.1 Å². The Labute approximate surface area is 128 Å². The molecule has 0 amide bonds. The van der Waals surface area contributed by atoms with Gasteiger partial charge in [0.05, 0.1) is 18.4 Å². The van der Waals surface area contributed by atoms with E-state index in [0.29, 0.717) is 12.4 Å². The third-order valence-electron chi connectivity index (χ3n) is 3.30. The molecule has 7 heteroatoms. The van der Waals surface area contributed by atoms with E-state index < -0.39 is 0 Å². The zero-order chi connectivity index (χ0) is 15.4. The van der Waals surface area contributed by atoms with Crippen molar-refractivity contribution in [2.45, 2.75) is 26.3 Å². The van der Waals surface area contributed by atoms with E-state index in [1.165, 1.54) is 0 Å². The molecule has 0 saturated carbocycles. The number of nitrogens with one attached hydrogen (secondary N) is 1. The fourth-order valence-corrected chi connectivity index (χ4v) is 2.22. The lowest BCUT2D eigenvalue weighted by atomic mass is 10.3. The molecular weight excluding hydrogens is 278 g/mol. The second kappa shape index (κ2) is 6.38. The first kappa shape index (κ1) is 14.2. The third-order valence-corrected chi connectivity index (χ3v) is 3.30. The van der Waals surface area contributed by atoms with Crippen LogP contribution in [0.5, 0.6) is 0 Å². The van der Waals surface area contributed by atoms with Crippen LogP contribution in [-0.2, 0) is 6.54 Å². The average Bonchev–Trinajstić information content (AvgIpc) is 2.90. The van der Waals surface area contributed by atoms with Gasteiger partial charge in [0.15, 0.2) is 11.3 Å². The van der Waals surface area contributed by atoms with E-state index in [0.717, 1.165) is 36.1 Å². The molecule has 3 N–H and O–H groups in total. The Bertz CT molecular complexity index is 751. The van der Waals surface area contributed by atoms with Crippen LogP contribution in [0.3, 0.4) is 0 Å². The van der Waals surface area contributed by atoms with Crippen LogP contribution < -0.4 is 11.1 Å². The minimum atomic E-state index is 0.254. The van der Waals surface area contributed by atoms with E-state index in [9.17, 15) is 0 Å². The number of aromatic nitrogens is 5. The Morgan fingerprint density at radius 3 is 2.95 bits per heavy atom. The number of unbranched alkanes of at least 4 members (excludes halogenated alkanes) is 1. The zero-order valence-corrected chi connectivity index (χ0v) is 12.5. The molecule has 0 radical (unpaired) electrons. The highest BCUT2D eigenvalue weighted by Gasteiger charge is 2.11. The molecule has 0 aromatic carbocycles. The van der Waals surface area contributed by atoms with Crippen LogP contribution in [0.25, 0.3) is 11.0 Å². The summed E-state index contributed by atoms with van der Waals surface area (Å²) in [5.41, 5.74) is 8.20. The molecule has 0 atom stereocenters. The summed E-state index contributed by atoms with van der Waals surface area (Å²) in [5.74, 6) is 0.944. The smallest absolute Gasteiger partial charge is 0.222 e. The van der Waals surface area contributed by atoms with Crippen molar-refractivity contribution in [1.29, 1.82) is 0 Å². The van der Waals surface area contributed by atoms with Crippen LogP contribution in [0, 0.1) is 0 Å². The van der Waals surface area contributed by atoms with Gasteiger partial charge >= 0.3 is 0 Å². The van der Waals surface area contributed by atoms with Crippen molar-refractivity contribution in [3.05, 3.63) is 36.3 Å². The second-order valence-electron chi connectivity index (χ2n) is 5.09. The van der Waals surface area contributed by atoms with E-state index in [1.54, 1.807) is 6.20 Å². The SMILES string of the molecule is CCCCNc1nc(N)nc2cn(Cc3ccccn3)nc12. The molecule has 0 spiro atoms. The van der Waals surface area contributed by atoms with Crippen LogP contribution in [0.4, 0.5) is 11.8 Å². The second-order valence-corrected chi connectivity index (χ2v) is 5.09. The van der Waals surface area contributed by atoms with Crippen molar-refractivity contribution in [2.75, 3.05) is 17.6 Å². The van der Waals surface area contributed by atoms with Crippen molar-refractivity contribution >= 4 is 22.8 Å². The first-order valence-electron chi connectivity index (χ1n) is 7.40. The Hall–Kier alpha value is -2.70. The Balaban J connectivity index is 1.89. The molecule has 3 aromatic heterocycles. The van der Waals surface area contributed by atoms with Gasteiger partial charge in [0.1, 0.15) is 5.52 Å². The summed E-state index contributed by atoms with van der Waals surface area (Å²) in [6.45, 7) is 3.58. The van der Waals surface area contributed by atoms with Gasteiger partial charge in [-0.3, -0.25) is 9.67 Å². The average molecular weight is 297 g/mol. The number of fused-ring (bicyclic) bond motifs is 1. The van der Waals surface area contributed by atoms with Crippen LogP contribution in [0.15, 0.2) is 30.6 Å². The van der Waals surface area contributed by atoms with Crippen LogP contribution in [-0.4, -0.2) is 31.3 Å². The van der Waals surface area contributed by atoms with Crippen molar-refractivity contribution in [2.24, 2.45) is 0 Å². The van der Waals surface area contributed by atoms with Gasteiger partial charge in [0.25, 0.3) is 0 Å². The third kappa shape index (κ3) is 3.13. The van der Waals surface area contributed by atoms with Crippen molar-refractivity contribution < 1.29 is 0 Å². The summed E-state index contributed by atoms with van der Waals surface area (Å²) in [4.78, 5) is 12.8. The number of pyridine rings is 1. The predicted octanol–water partition coefficient (Wildman–Crippen LogP) is 2.06. The summed E-state index contributed by atoms with van der Waals surface area (Å²) >= 11 is 0. The Kier molecular flexibility index (Phi) is 4.13. The number of nitrogen functional groups attached to an aromatic ring is 1. The molecule has 3 aromatic rings. The van der Waals surface area contributed by atoms with Gasteiger partial charge in [0, 0.05) is 12.7 Å². The van der Waals surface area contributed by atoms with E-state index >= 15 is 0 Å². The summed E-state index contributed by atoms with van der Waals surface area (Å²) < 4.78 is 1.81. The van der Waals surface area contributed by atoms with E-state index in [4.69, 9.17) is 5.73 Å². The van der Waals surface area contributed by atoms with Gasteiger partial charge in [-0.05, 0) is 18.6 Å². The van der Waals surface area contributed by atoms with E-state index in [1.807, 2.05) is 29.1 Å². The molecular formula is C15H19N7. The highest BCUT2D eigenvalue weighted by molar-refractivity contribution is 5.85. The lowest BCUT2D eigenvalue weighted by Gasteiger charge is -2.05. The van der Waals surface area contributed by atoms with E-state index in [2.05, 4.69) is 32.3 Å². The van der Waals surface area contributed by atoms with Gasteiger partial charge in [0.2, 0.25) is 5.95 Å². The molecule has 0 aliphatic carbocycles. The summed E-state index contributed by atoms with van der Waals surface area (Å²) in [5, 5.41) is 7.85. The minimum Gasteiger partial charge on any atom is -0.368 e. The summed E-state index contributed by atoms with van der Waals surface area (Å²) in [7, 11) is 0. The molecule has 7 nitrogen and oxygen atoms in total. The molecule has 0 bridgehead atoms. The number of hydrogen-bond donors (Lipinski definition) is 2.